The summed E-state index contributed by atoms with van der Waals surface area (Å²) in [7, 11) is 1.39. The molecule has 0 aliphatic heterocycles. The predicted octanol–water partition coefficient (Wildman–Crippen LogP) is 1.16. The Balaban J connectivity index is 3.13. The van der Waals surface area contributed by atoms with Crippen molar-refractivity contribution < 1.29 is 14.8 Å². The number of hydrogen-bond donors (Lipinski definition) is 1. The summed E-state index contributed by atoms with van der Waals surface area (Å²) in [6.07, 6.45) is 0. The largest absolute Gasteiger partial charge is 0.480 e. The van der Waals surface area contributed by atoms with Crippen molar-refractivity contribution in [2.45, 2.75) is 0 Å². The summed E-state index contributed by atoms with van der Waals surface area (Å²) in [5.74, 6) is -1.18. The molecule has 1 N–H and O–H groups in total. The summed E-state index contributed by atoms with van der Waals surface area (Å²) in [5, 5.41) is 19.3. The van der Waals surface area contributed by atoms with Crippen molar-refractivity contribution in [3.05, 3.63) is 27.4 Å². The van der Waals surface area contributed by atoms with Crippen molar-refractivity contribution >= 4 is 29.1 Å². The lowest BCUT2D eigenvalue weighted by molar-refractivity contribution is -0.384. The Hall–Kier alpha value is -1.89. The van der Waals surface area contributed by atoms with Crippen molar-refractivity contribution in [1.29, 1.82) is 0 Å². The number of nitro groups is 1. The minimum absolute atomic E-state index is 0.0674. The average Bonchev–Trinajstić information content (AvgIpc) is 2.15. The van der Waals surface area contributed by atoms with Crippen LogP contribution in [0, 0.1) is 10.1 Å². The van der Waals surface area contributed by atoms with Gasteiger partial charge in [0.05, 0.1) is 4.92 Å². The molecular formula is C8H8ClN3O4. The Morgan fingerprint density at radius 3 is 2.81 bits per heavy atom. The van der Waals surface area contributed by atoms with Crippen LogP contribution in [-0.4, -0.2) is 34.6 Å². The lowest BCUT2D eigenvalue weighted by Gasteiger charge is -2.15. The van der Waals surface area contributed by atoms with Crippen LogP contribution in [0.1, 0.15) is 0 Å². The van der Waals surface area contributed by atoms with Crippen LogP contribution >= 0.6 is 11.6 Å². The van der Waals surface area contributed by atoms with Gasteiger partial charge in [0.15, 0.2) is 0 Å². The number of anilines is 1. The number of rotatable bonds is 4. The van der Waals surface area contributed by atoms with Crippen LogP contribution in [0.4, 0.5) is 11.5 Å². The first-order valence-corrected chi connectivity index (χ1v) is 4.53. The molecule has 86 valence electrons. The van der Waals surface area contributed by atoms with Gasteiger partial charge in [-0.3, -0.25) is 14.9 Å². The van der Waals surface area contributed by atoms with E-state index < -0.39 is 17.4 Å². The van der Waals surface area contributed by atoms with Gasteiger partial charge >= 0.3 is 11.7 Å². The number of carboxylic acid groups (broad SMARTS) is 1. The van der Waals surface area contributed by atoms with E-state index in [2.05, 4.69) is 4.98 Å². The smallest absolute Gasteiger partial charge is 0.323 e. The number of hydrogen-bond acceptors (Lipinski definition) is 5. The van der Waals surface area contributed by atoms with Gasteiger partial charge in [-0.1, -0.05) is 11.6 Å². The standard InChI is InChI=1S/C8H8ClN3O4/c1-11(4-7(13)14)8-5(12(15)16)2-3-6(9)10-8/h2-3H,4H2,1H3,(H,13,14). The molecule has 0 atom stereocenters. The highest BCUT2D eigenvalue weighted by atomic mass is 35.5. The zero-order valence-electron chi connectivity index (χ0n) is 8.25. The summed E-state index contributed by atoms with van der Waals surface area (Å²) in [4.78, 5) is 25.4. The Kier molecular flexibility index (Phi) is 3.62. The van der Waals surface area contributed by atoms with E-state index in [-0.39, 0.29) is 16.7 Å². The summed E-state index contributed by atoms with van der Waals surface area (Å²) >= 11 is 5.59. The van der Waals surface area contributed by atoms with E-state index in [0.29, 0.717) is 0 Å². The van der Waals surface area contributed by atoms with Gasteiger partial charge in [0.25, 0.3) is 0 Å². The number of carbonyl (C=O) groups is 1. The average molecular weight is 246 g/mol. The highest BCUT2D eigenvalue weighted by molar-refractivity contribution is 6.29. The second kappa shape index (κ2) is 4.75. The molecule has 0 unspecified atom stereocenters. The maximum absolute atomic E-state index is 10.7. The van der Waals surface area contributed by atoms with Crippen LogP contribution in [0.2, 0.25) is 5.15 Å². The normalized spacial score (nSPS) is 9.88. The molecule has 0 aromatic carbocycles. The summed E-state index contributed by atoms with van der Waals surface area (Å²) in [5.41, 5.74) is -0.284. The quantitative estimate of drug-likeness (QED) is 0.486. The van der Waals surface area contributed by atoms with E-state index in [1.165, 1.54) is 19.2 Å². The lowest BCUT2D eigenvalue weighted by atomic mass is 10.3. The Morgan fingerprint density at radius 1 is 1.69 bits per heavy atom. The number of likely N-dealkylation sites (N-methyl/N-ethyl adjacent to an activating group) is 1. The lowest BCUT2D eigenvalue weighted by Crippen LogP contribution is -2.26. The second-order valence-electron chi connectivity index (χ2n) is 2.98. The number of aliphatic carboxylic acids is 1. The molecule has 7 nitrogen and oxygen atoms in total. The molecular weight excluding hydrogens is 238 g/mol. The fraction of sp³-hybridized carbons (Fsp3) is 0.250. The monoisotopic (exact) mass is 245 g/mol. The molecule has 0 radical (unpaired) electrons. The van der Waals surface area contributed by atoms with E-state index in [9.17, 15) is 14.9 Å². The van der Waals surface area contributed by atoms with E-state index in [1.807, 2.05) is 0 Å². The molecule has 1 aromatic rings. The topological polar surface area (TPSA) is 96.6 Å². The van der Waals surface area contributed by atoms with Crippen LogP contribution in [-0.2, 0) is 4.79 Å². The maximum Gasteiger partial charge on any atom is 0.323 e. The first kappa shape index (κ1) is 12.2. The highest BCUT2D eigenvalue weighted by Gasteiger charge is 2.20. The molecule has 8 heteroatoms. The zero-order valence-corrected chi connectivity index (χ0v) is 9.01. The third-order valence-electron chi connectivity index (χ3n) is 1.75. The van der Waals surface area contributed by atoms with Crippen LogP contribution < -0.4 is 4.90 Å². The molecule has 0 saturated carbocycles. The Bertz CT molecular complexity index is 437. The molecule has 16 heavy (non-hydrogen) atoms. The molecule has 0 saturated heterocycles. The minimum Gasteiger partial charge on any atom is -0.480 e. The molecule has 0 aliphatic rings. The van der Waals surface area contributed by atoms with E-state index in [0.717, 1.165) is 4.90 Å². The number of carboxylic acids is 1. The first-order chi connectivity index (χ1) is 7.41. The molecule has 0 amide bonds. The molecule has 0 fully saturated rings. The second-order valence-corrected chi connectivity index (χ2v) is 3.37. The predicted molar refractivity (Wildman–Crippen MR) is 56.8 cm³/mol. The van der Waals surface area contributed by atoms with E-state index in [1.54, 1.807) is 0 Å². The van der Waals surface area contributed by atoms with Crippen molar-refractivity contribution in [3.63, 3.8) is 0 Å². The third-order valence-corrected chi connectivity index (χ3v) is 1.96. The van der Waals surface area contributed by atoms with Gasteiger partial charge in [-0.2, -0.15) is 0 Å². The number of aromatic nitrogens is 1. The van der Waals surface area contributed by atoms with Gasteiger partial charge in [-0.05, 0) is 6.07 Å². The number of pyridine rings is 1. The Morgan fingerprint density at radius 2 is 2.31 bits per heavy atom. The van der Waals surface area contributed by atoms with Gasteiger partial charge in [0.1, 0.15) is 11.7 Å². The fourth-order valence-electron chi connectivity index (χ4n) is 1.12. The molecule has 0 bridgehead atoms. The molecule has 0 spiro atoms. The fourth-order valence-corrected chi connectivity index (χ4v) is 1.26. The summed E-state index contributed by atoms with van der Waals surface area (Å²) in [6, 6.07) is 2.46. The molecule has 1 rings (SSSR count). The van der Waals surface area contributed by atoms with Crippen molar-refractivity contribution in [1.82, 2.24) is 4.98 Å². The van der Waals surface area contributed by atoms with Gasteiger partial charge < -0.3 is 10.0 Å². The van der Waals surface area contributed by atoms with Crippen molar-refractivity contribution in [3.8, 4) is 0 Å². The SMILES string of the molecule is CN(CC(=O)O)c1nc(Cl)ccc1[N+](=O)[O-]. The van der Waals surface area contributed by atoms with Gasteiger partial charge in [-0.15, -0.1) is 0 Å². The zero-order chi connectivity index (χ0) is 12.3. The van der Waals surface area contributed by atoms with Gasteiger partial charge in [-0.25, -0.2) is 4.98 Å². The molecule has 1 heterocycles. The Labute approximate surface area is 95.4 Å². The van der Waals surface area contributed by atoms with Gasteiger partial charge in [0.2, 0.25) is 5.82 Å². The summed E-state index contributed by atoms with van der Waals surface area (Å²) in [6.45, 7) is -0.395. The van der Waals surface area contributed by atoms with Gasteiger partial charge in [0, 0.05) is 13.1 Å². The number of halogens is 1. The highest BCUT2D eigenvalue weighted by Crippen LogP contribution is 2.26. The summed E-state index contributed by atoms with van der Waals surface area (Å²) < 4.78 is 0. The van der Waals surface area contributed by atoms with Crippen molar-refractivity contribution in [2.75, 3.05) is 18.5 Å². The third kappa shape index (κ3) is 2.80. The van der Waals surface area contributed by atoms with Crippen LogP contribution in [0.25, 0.3) is 0 Å². The van der Waals surface area contributed by atoms with E-state index >= 15 is 0 Å². The maximum atomic E-state index is 10.7. The van der Waals surface area contributed by atoms with Crippen molar-refractivity contribution in [2.24, 2.45) is 0 Å². The number of nitrogens with zero attached hydrogens (tertiary/aromatic N) is 3. The minimum atomic E-state index is -1.11. The van der Waals surface area contributed by atoms with Crippen LogP contribution in [0.5, 0.6) is 0 Å². The van der Waals surface area contributed by atoms with Crippen LogP contribution in [0.3, 0.4) is 0 Å². The molecule has 0 aliphatic carbocycles. The van der Waals surface area contributed by atoms with E-state index in [4.69, 9.17) is 16.7 Å². The van der Waals surface area contributed by atoms with Crippen LogP contribution in [0.15, 0.2) is 12.1 Å². The first-order valence-electron chi connectivity index (χ1n) is 4.15. The molecule has 1 aromatic heterocycles.